The van der Waals surface area contributed by atoms with Crippen molar-refractivity contribution in [2.24, 2.45) is 0 Å². The van der Waals surface area contributed by atoms with E-state index in [1.54, 1.807) is 30.3 Å². The quantitative estimate of drug-likeness (QED) is 0.370. The highest BCUT2D eigenvalue weighted by molar-refractivity contribution is 6.30. The van der Waals surface area contributed by atoms with Gasteiger partial charge in [0.1, 0.15) is 5.69 Å². The summed E-state index contributed by atoms with van der Waals surface area (Å²) in [5.74, 6) is -1.50. The number of anilines is 2. The van der Waals surface area contributed by atoms with Gasteiger partial charge in [-0.15, -0.1) is 0 Å². The van der Waals surface area contributed by atoms with Gasteiger partial charge in [0.15, 0.2) is 0 Å². The summed E-state index contributed by atoms with van der Waals surface area (Å²) in [5, 5.41) is 6.89. The minimum atomic E-state index is -0.587. The van der Waals surface area contributed by atoms with Crippen LogP contribution >= 0.6 is 11.6 Å². The number of carbonyl (C=O) groups excluding carboxylic acids is 3. The Kier molecular flexibility index (Phi) is 5.91. The van der Waals surface area contributed by atoms with Crippen molar-refractivity contribution in [3.05, 3.63) is 94.6 Å². The van der Waals surface area contributed by atoms with E-state index < -0.39 is 17.8 Å². The molecule has 0 atom stereocenters. The Labute approximate surface area is 188 Å². The molecule has 32 heavy (non-hydrogen) atoms. The molecule has 2 amide bonds. The van der Waals surface area contributed by atoms with Gasteiger partial charge >= 0.3 is 5.97 Å². The van der Waals surface area contributed by atoms with Crippen LogP contribution in [0.15, 0.2) is 72.8 Å². The number of aromatic amines is 1. The number of rotatable bonds is 5. The summed E-state index contributed by atoms with van der Waals surface area (Å²) in [6.45, 7) is 0. The van der Waals surface area contributed by atoms with Crippen LogP contribution in [0.25, 0.3) is 10.9 Å². The van der Waals surface area contributed by atoms with E-state index in [-0.39, 0.29) is 16.8 Å². The van der Waals surface area contributed by atoms with Crippen molar-refractivity contribution in [2.45, 2.75) is 0 Å². The van der Waals surface area contributed by atoms with Crippen LogP contribution in [0.3, 0.4) is 0 Å². The van der Waals surface area contributed by atoms with Gasteiger partial charge in [-0.2, -0.15) is 0 Å². The van der Waals surface area contributed by atoms with Gasteiger partial charge in [-0.25, -0.2) is 4.79 Å². The van der Waals surface area contributed by atoms with Gasteiger partial charge in [-0.1, -0.05) is 29.8 Å². The number of amides is 2. The zero-order valence-corrected chi connectivity index (χ0v) is 17.7. The minimum absolute atomic E-state index is 0.169. The Morgan fingerprint density at radius 3 is 2.34 bits per heavy atom. The number of esters is 1. The summed E-state index contributed by atoms with van der Waals surface area (Å²) in [4.78, 5) is 40.8. The molecule has 4 rings (SSSR count). The fourth-order valence-electron chi connectivity index (χ4n) is 3.21. The number of hydrogen-bond acceptors (Lipinski definition) is 4. The molecule has 3 aromatic carbocycles. The number of benzene rings is 3. The molecular weight excluding hydrogens is 430 g/mol. The molecule has 8 heteroatoms. The van der Waals surface area contributed by atoms with Gasteiger partial charge in [-0.3, -0.25) is 9.59 Å². The molecule has 0 radical (unpaired) electrons. The molecule has 0 bridgehead atoms. The van der Waals surface area contributed by atoms with Gasteiger partial charge < -0.3 is 20.4 Å². The molecule has 0 spiro atoms. The van der Waals surface area contributed by atoms with Crippen molar-refractivity contribution in [1.82, 2.24) is 4.98 Å². The summed E-state index contributed by atoms with van der Waals surface area (Å²) >= 11 is 5.89. The number of ether oxygens (including phenoxy) is 1. The Morgan fingerprint density at radius 2 is 1.62 bits per heavy atom. The average Bonchev–Trinajstić information content (AvgIpc) is 3.24. The Hall–Kier alpha value is -4.10. The number of carbonyl (C=O) groups is 3. The summed E-state index contributed by atoms with van der Waals surface area (Å²) in [7, 11) is 1.26. The van der Waals surface area contributed by atoms with Crippen LogP contribution in [-0.4, -0.2) is 29.9 Å². The van der Waals surface area contributed by atoms with E-state index in [1.165, 1.54) is 25.3 Å². The Morgan fingerprint density at radius 1 is 0.875 bits per heavy atom. The summed E-state index contributed by atoms with van der Waals surface area (Å²) < 4.78 is 4.76. The van der Waals surface area contributed by atoms with E-state index in [0.29, 0.717) is 16.4 Å². The van der Waals surface area contributed by atoms with E-state index >= 15 is 0 Å². The second-order valence-electron chi connectivity index (χ2n) is 6.94. The van der Waals surface area contributed by atoms with Crippen molar-refractivity contribution in [3.8, 4) is 0 Å². The van der Waals surface area contributed by atoms with Crippen LogP contribution in [0.4, 0.5) is 11.4 Å². The van der Waals surface area contributed by atoms with E-state index in [2.05, 4.69) is 15.6 Å². The van der Waals surface area contributed by atoms with Crippen molar-refractivity contribution in [1.29, 1.82) is 0 Å². The zero-order chi connectivity index (χ0) is 22.7. The highest BCUT2D eigenvalue weighted by atomic mass is 35.5. The number of methoxy groups -OCH3 is 1. The van der Waals surface area contributed by atoms with Gasteiger partial charge in [0.05, 0.1) is 23.9 Å². The molecule has 1 heterocycles. The monoisotopic (exact) mass is 447 g/mol. The molecule has 0 aliphatic heterocycles. The summed E-state index contributed by atoms with van der Waals surface area (Å²) in [5.41, 5.74) is 2.20. The molecule has 160 valence electrons. The van der Waals surface area contributed by atoms with E-state index in [0.717, 1.165) is 10.9 Å². The molecule has 0 unspecified atom stereocenters. The molecule has 1 aromatic heterocycles. The van der Waals surface area contributed by atoms with Gasteiger partial charge in [0, 0.05) is 21.6 Å². The molecule has 0 aliphatic rings. The predicted octanol–water partition coefficient (Wildman–Crippen LogP) is 5.11. The maximum Gasteiger partial charge on any atom is 0.337 e. The van der Waals surface area contributed by atoms with Crippen molar-refractivity contribution in [3.63, 3.8) is 0 Å². The first-order valence-corrected chi connectivity index (χ1v) is 10.0. The first-order valence-electron chi connectivity index (χ1n) is 9.63. The first-order chi connectivity index (χ1) is 15.4. The number of hydrogen-bond donors (Lipinski definition) is 3. The Bertz CT molecular complexity index is 1300. The maximum absolute atomic E-state index is 12.9. The van der Waals surface area contributed by atoms with Crippen molar-refractivity contribution >= 4 is 51.7 Å². The third-order valence-electron chi connectivity index (χ3n) is 4.81. The molecule has 0 fully saturated rings. The highest BCUT2D eigenvalue weighted by Gasteiger charge is 2.19. The SMILES string of the molecule is COC(=O)c1ccc(C(=O)Nc2ccc(Cl)cc2)c(NC(=O)c2cc3ccccc3[nH]2)c1. The standard InChI is InChI=1S/C24H18ClN3O4/c1-32-24(31)15-6-11-18(22(29)26-17-9-7-16(25)8-10-17)20(13-15)28-23(30)21-12-14-4-2-3-5-19(14)27-21/h2-13,27H,1H3,(H,26,29)(H,28,30). The van der Waals surface area contributed by atoms with E-state index in [4.69, 9.17) is 16.3 Å². The van der Waals surface area contributed by atoms with Crippen LogP contribution in [0.1, 0.15) is 31.2 Å². The lowest BCUT2D eigenvalue weighted by molar-refractivity contribution is 0.0600. The van der Waals surface area contributed by atoms with Gasteiger partial charge in [0.25, 0.3) is 11.8 Å². The molecule has 0 saturated carbocycles. The number of aromatic nitrogens is 1. The fourth-order valence-corrected chi connectivity index (χ4v) is 3.33. The zero-order valence-electron chi connectivity index (χ0n) is 16.9. The number of fused-ring (bicyclic) bond motifs is 1. The second kappa shape index (κ2) is 8.95. The van der Waals surface area contributed by atoms with Gasteiger partial charge in [0.2, 0.25) is 0 Å². The molecule has 3 N–H and O–H groups in total. The normalized spacial score (nSPS) is 10.6. The van der Waals surface area contributed by atoms with Crippen LogP contribution in [0.5, 0.6) is 0 Å². The molecule has 0 aliphatic carbocycles. The summed E-state index contributed by atoms with van der Waals surface area (Å²) in [6.07, 6.45) is 0. The third kappa shape index (κ3) is 4.48. The summed E-state index contributed by atoms with van der Waals surface area (Å²) in [6, 6.07) is 20.1. The lowest BCUT2D eigenvalue weighted by Crippen LogP contribution is -2.19. The smallest absolute Gasteiger partial charge is 0.337 e. The fraction of sp³-hybridized carbons (Fsp3) is 0.0417. The lowest BCUT2D eigenvalue weighted by Gasteiger charge is -2.13. The number of nitrogens with one attached hydrogen (secondary N) is 3. The average molecular weight is 448 g/mol. The van der Waals surface area contributed by atoms with Crippen LogP contribution in [0.2, 0.25) is 5.02 Å². The molecule has 4 aromatic rings. The molecule has 0 saturated heterocycles. The topological polar surface area (TPSA) is 100 Å². The maximum atomic E-state index is 12.9. The molecular formula is C24H18ClN3O4. The number of halogens is 1. The van der Waals surface area contributed by atoms with Crippen LogP contribution in [0, 0.1) is 0 Å². The first kappa shape index (κ1) is 21.1. The van der Waals surface area contributed by atoms with Gasteiger partial charge in [-0.05, 0) is 54.6 Å². The van der Waals surface area contributed by atoms with Crippen LogP contribution in [-0.2, 0) is 4.74 Å². The van der Waals surface area contributed by atoms with E-state index in [9.17, 15) is 14.4 Å². The van der Waals surface area contributed by atoms with E-state index in [1.807, 2.05) is 24.3 Å². The Balaban J connectivity index is 1.65. The lowest BCUT2D eigenvalue weighted by atomic mass is 10.1. The number of H-pyrrole nitrogens is 1. The predicted molar refractivity (Wildman–Crippen MR) is 123 cm³/mol. The number of para-hydroxylation sites is 1. The largest absolute Gasteiger partial charge is 0.465 e. The highest BCUT2D eigenvalue weighted by Crippen LogP contribution is 2.23. The van der Waals surface area contributed by atoms with Crippen molar-refractivity contribution < 1.29 is 19.1 Å². The third-order valence-corrected chi connectivity index (χ3v) is 5.06. The minimum Gasteiger partial charge on any atom is -0.465 e. The second-order valence-corrected chi connectivity index (χ2v) is 7.37. The molecule has 7 nitrogen and oxygen atoms in total. The van der Waals surface area contributed by atoms with Crippen molar-refractivity contribution in [2.75, 3.05) is 17.7 Å². The van der Waals surface area contributed by atoms with Crippen LogP contribution < -0.4 is 10.6 Å².